The molecule has 0 aromatic carbocycles. The second-order valence-corrected chi connectivity index (χ2v) is 2.66. The molecular weight excluding hydrogens is 156 g/mol. The Morgan fingerprint density at radius 2 is 1.38 bits per heavy atom. The van der Waals surface area contributed by atoms with E-state index in [1.807, 2.05) is 0 Å². The summed E-state index contributed by atoms with van der Waals surface area (Å²) in [6.07, 6.45) is 0. The average Bonchev–Trinajstić information content (AvgIpc) is 1.64. The van der Waals surface area contributed by atoms with Crippen molar-refractivity contribution in [2.24, 2.45) is 0 Å². The predicted molar refractivity (Wildman–Crippen MR) is 23.2 cm³/mol. The average molecular weight is 156 g/mol. The maximum absolute atomic E-state index is 9.62. The van der Waals surface area contributed by atoms with Gasteiger partial charge in [0.25, 0.3) is 4.45 Å². The van der Waals surface area contributed by atoms with Crippen molar-refractivity contribution >= 4 is 26.6 Å². The van der Waals surface area contributed by atoms with Gasteiger partial charge in [-0.25, -0.2) is 0 Å². The molecule has 2 unspecified atom stereocenters. The molecule has 0 aromatic rings. The molecule has 0 heterocycles. The highest BCUT2D eigenvalue weighted by Crippen LogP contribution is 1.84. The minimum absolute atomic E-state index is 1.81. The summed E-state index contributed by atoms with van der Waals surface area (Å²) in [5.41, 5.74) is 0. The third-order valence-electron chi connectivity index (χ3n) is 0.272. The normalized spacial score (nSPS) is 17.2. The molecule has 0 bridgehead atoms. The zero-order chi connectivity index (χ0) is 6.73. The molecule has 8 heavy (non-hydrogen) atoms. The Morgan fingerprint density at radius 1 is 1.12 bits per heavy atom. The highest BCUT2D eigenvalue weighted by Gasteiger charge is 1.98. The van der Waals surface area contributed by atoms with E-state index in [4.69, 9.17) is 0 Å². The molecule has 0 radical (unpaired) electrons. The largest absolute Gasteiger partial charge is 0.766 e. The topological polar surface area (TPSA) is 97.3 Å². The summed E-state index contributed by atoms with van der Waals surface area (Å²) in [5.74, 6) is 0. The first-order chi connectivity index (χ1) is 3.55. The lowest BCUT2D eigenvalue weighted by molar-refractivity contribution is 0.271. The Morgan fingerprint density at radius 3 is 1.38 bits per heavy atom. The van der Waals surface area contributed by atoms with Gasteiger partial charge >= 0.3 is 0 Å². The van der Waals surface area contributed by atoms with Crippen molar-refractivity contribution in [2.45, 2.75) is 0 Å². The lowest BCUT2D eigenvalue weighted by Gasteiger charge is -2.03. The molecule has 0 aliphatic rings. The van der Waals surface area contributed by atoms with Crippen LogP contribution in [0.5, 0.6) is 0 Å². The van der Waals surface area contributed by atoms with Crippen LogP contribution < -0.4 is 0 Å². The summed E-state index contributed by atoms with van der Waals surface area (Å²) in [7, 11) is 0. The summed E-state index contributed by atoms with van der Waals surface area (Å²) < 4.78 is 35.8. The summed E-state index contributed by atoms with van der Waals surface area (Å²) in [5, 5.41) is 0. The zero-order valence-electron chi connectivity index (χ0n) is 3.36. The van der Waals surface area contributed by atoms with Crippen LogP contribution in [0.25, 0.3) is 0 Å². The Hall–Kier alpha value is -0.110. The maximum Gasteiger partial charge on any atom is 0.279 e. The van der Waals surface area contributed by atoms with Gasteiger partial charge in [0.15, 0.2) is 0 Å². The van der Waals surface area contributed by atoms with Gasteiger partial charge in [-0.1, -0.05) is 0 Å². The summed E-state index contributed by atoms with van der Waals surface area (Å²) in [4.78, 5) is 9.62. The molecule has 7 heteroatoms. The number of hydrogen-bond acceptors (Lipinski definition) is 5. The predicted octanol–water partition coefficient (Wildman–Crippen LogP) is -1.14. The lowest BCUT2D eigenvalue weighted by Crippen LogP contribution is -2.09. The van der Waals surface area contributed by atoms with Crippen molar-refractivity contribution in [3.63, 3.8) is 0 Å². The molecule has 0 aliphatic heterocycles. The first-order valence-electron chi connectivity index (χ1n) is 1.28. The monoisotopic (exact) mass is 156 g/mol. The summed E-state index contributed by atoms with van der Waals surface area (Å²) in [6, 6.07) is 0. The van der Waals surface area contributed by atoms with Crippen LogP contribution in [0.2, 0.25) is 0 Å². The highest BCUT2D eigenvalue weighted by atomic mass is 32.3. The van der Waals surface area contributed by atoms with Crippen LogP contribution in [0.4, 0.5) is 4.79 Å². The molecule has 0 saturated heterocycles. The molecule has 0 fully saturated rings. The first kappa shape index (κ1) is 7.89. The minimum Gasteiger partial charge on any atom is -0.766 e. The van der Waals surface area contributed by atoms with Crippen molar-refractivity contribution in [1.29, 1.82) is 0 Å². The minimum atomic E-state index is -3.14. The fraction of sp³-hybridized carbons (Fsp3) is 0. The van der Waals surface area contributed by atoms with E-state index >= 15 is 0 Å². The number of carbonyl (C=O) groups excluding carboxylic acids is 1. The SMILES string of the molecule is O=C(S(=O)[O-])S(=O)[O-]. The molecular formula is CO5S2-2. The molecule has 48 valence electrons. The Balaban J connectivity index is 4.05. The van der Waals surface area contributed by atoms with Crippen molar-refractivity contribution in [3.8, 4) is 0 Å². The summed E-state index contributed by atoms with van der Waals surface area (Å²) >= 11 is -6.28. The second kappa shape index (κ2) is 3.02. The standard InChI is InChI=1S/CH2O5S2/c2-1(7(3)4)8(5)6/h(H,3,4)(H,5,6)/p-2. The van der Waals surface area contributed by atoms with Crippen LogP contribution in [0.3, 0.4) is 0 Å². The summed E-state index contributed by atoms with van der Waals surface area (Å²) in [6.45, 7) is 0. The Labute approximate surface area is 49.7 Å². The van der Waals surface area contributed by atoms with Crippen LogP contribution in [0.15, 0.2) is 0 Å². The second-order valence-electron chi connectivity index (χ2n) is 0.719. The molecule has 5 nitrogen and oxygen atoms in total. The fourth-order valence-corrected chi connectivity index (χ4v) is 0.500. The Bertz CT molecular complexity index is 133. The molecule has 2 atom stereocenters. The quantitative estimate of drug-likeness (QED) is 0.413. The molecule has 0 amide bonds. The smallest absolute Gasteiger partial charge is 0.279 e. The van der Waals surface area contributed by atoms with E-state index in [1.165, 1.54) is 0 Å². The van der Waals surface area contributed by atoms with E-state index in [0.29, 0.717) is 0 Å². The van der Waals surface area contributed by atoms with E-state index in [1.54, 1.807) is 0 Å². The highest BCUT2D eigenvalue weighted by molar-refractivity contribution is 8.21. The van der Waals surface area contributed by atoms with Gasteiger partial charge in [-0.2, -0.15) is 0 Å². The van der Waals surface area contributed by atoms with Crippen LogP contribution >= 0.6 is 0 Å². The van der Waals surface area contributed by atoms with Crippen molar-refractivity contribution in [2.75, 3.05) is 0 Å². The fourth-order valence-electron chi connectivity index (χ4n) is 0.0556. The van der Waals surface area contributed by atoms with E-state index < -0.39 is 26.6 Å². The van der Waals surface area contributed by atoms with Gasteiger partial charge in [0.1, 0.15) is 0 Å². The van der Waals surface area contributed by atoms with E-state index in [2.05, 4.69) is 0 Å². The van der Waals surface area contributed by atoms with E-state index in [9.17, 15) is 22.3 Å². The van der Waals surface area contributed by atoms with Gasteiger partial charge in [0, 0.05) is 22.2 Å². The molecule has 0 spiro atoms. The molecule has 0 aromatic heterocycles. The maximum atomic E-state index is 9.62. The number of rotatable bonds is 0. The van der Waals surface area contributed by atoms with Gasteiger partial charge in [0.05, 0.1) is 0 Å². The van der Waals surface area contributed by atoms with E-state index in [-0.39, 0.29) is 0 Å². The van der Waals surface area contributed by atoms with Crippen molar-refractivity contribution in [1.82, 2.24) is 0 Å². The van der Waals surface area contributed by atoms with Crippen molar-refractivity contribution in [3.05, 3.63) is 0 Å². The number of hydrogen-bond donors (Lipinski definition) is 0. The molecule has 0 saturated carbocycles. The zero-order valence-corrected chi connectivity index (χ0v) is 4.99. The third kappa shape index (κ3) is 2.26. The Kier molecular flexibility index (Phi) is 2.98. The van der Waals surface area contributed by atoms with E-state index in [0.717, 1.165) is 0 Å². The van der Waals surface area contributed by atoms with Gasteiger partial charge in [-0.15, -0.1) is 0 Å². The van der Waals surface area contributed by atoms with Gasteiger partial charge in [-0.05, 0) is 0 Å². The van der Waals surface area contributed by atoms with Crippen molar-refractivity contribution < 1.29 is 22.3 Å². The number of carbonyl (C=O) groups is 1. The lowest BCUT2D eigenvalue weighted by atomic mass is 11.8. The first-order valence-corrected chi connectivity index (χ1v) is 3.43. The molecule has 0 N–H and O–H groups in total. The third-order valence-corrected chi connectivity index (χ3v) is 1.63. The van der Waals surface area contributed by atoms with Gasteiger partial charge < -0.3 is 9.11 Å². The van der Waals surface area contributed by atoms with Gasteiger partial charge in [-0.3, -0.25) is 13.2 Å². The van der Waals surface area contributed by atoms with Crippen LogP contribution in [-0.2, 0) is 22.2 Å². The molecule has 0 aliphatic carbocycles. The van der Waals surface area contributed by atoms with Crippen LogP contribution in [0, 0.1) is 0 Å². The van der Waals surface area contributed by atoms with Crippen LogP contribution in [-0.4, -0.2) is 22.0 Å². The van der Waals surface area contributed by atoms with Gasteiger partial charge in [0.2, 0.25) is 0 Å². The van der Waals surface area contributed by atoms with Crippen LogP contribution in [0.1, 0.15) is 0 Å². The molecule has 0 rings (SSSR count).